The van der Waals surface area contributed by atoms with E-state index in [0.717, 1.165) is 0 Å². The lowest BCUT2D eigenvalue weighted by atomic mass is 10.0. The van der Waals surface area contributed by atoms with Crippen LogP contribution in [0.4, 0.5) is 8.78 Å². The zero-order chi connectivity index (χ0) is 13.2. The zero-order valence-electron chi connectivity index (χ0n) is 9.28. The molecule has 0 aliphatic rings. The second-order valence-corrected chi connectivity index (χ2v) is 3.59. The standard InChI is InChI=1S/C11H12F2O4/c1-5-3-7(9(14)10(15)16)8(4-6(5)2)17-11(12)13/h3-4,9,11,14H,1-2H3,(H,15,16). The molecule has 0 saturated heterocycles. The lowest BCUT2D eigenvalue weighted by Gasteiger charge is -2.15. The predicted molar refractivity (Wildman–Crippen MR) is 55.1 cm³/mol. The van der Waals surface area contributed by atoms with E-state index in [4.69, 9.17) is 5.11 Å². The summed E-state index contributed by atoms with van der Waals surface area (Å²) in [6.07, 6.45) is -1.89. The minimum atomic E-state index is -3.07. The molecule has 0 saturated carbocycles. The Hall–Kier alpha value is -1.69. The van der Waals surface area contributed by atoms with E-state index in [1.807, 2.05) is 0 Å². The Labute approximate surface area is 96.5 Å². The second kappa shape index (κ2) is 5.09. The third-order valence-electron chi connectivity index (χ3n) is 2.37. The number of aliphatic hydroxyl groups excluding tert-OH is 1. The molecule has 0 aliphatic carbocycles. The predicted octanol–water partition coefficient (Wildman–Crippen LogP) is 2.02. The highest BCUT2D eigenvalue weighted by molar-refractivity contribution is 5.75. The largest absolute Gasteiger partial charge is 0.479 e. The van der Waals surface area contributed by atoms with Gasteiger partial charge in [-0.1, -0.05) is 0 Å². The molecular weight excluding hydrogens is 234 g/mol. The number of benzene rings is 1. The molecule has 1 atom stereocenters. The number of aryl methyl sites for hydroxylation is 2. The average molecular weight is 246 g/mol. The first-order valence-corrected chi connectivity index (χ1v) is 4.79. The van der Waals surface area contributed by atoms with Crippen LogP contribution in [0, 0.1) is 13.8 Å². The number of aliphatic hydroxyl groups is 1. The fraction of sp³-hybridized carbons (Fsp3) is 0.364. The average Bonchev–Trinajstić information content (AvgIpc) is 2.21. The molecule has 1 rings (SSSR count). The van der Waals surface area contributed by atoms with Crippen molar-refractivity contribution in [3.63, 3.8) is 0 Å². The highest BCUT2D eigenvalue weighted by Crippen LogP contribution is 2.30. The van der Waals surface area contributed by atoms with E-state index in [-0.39, 0.29) is 11.3 Å². The first-order chi connectivity index (χ1) is 7.82. The molecule has 17 heavy (non-hydrogen) atoms. The maximum Gasteiger partial charge on any atom is 0.387 e. The molecule has 1 aromatic carbocycles. The molecule has 2 N–H and O–H groups in total. The molecule has 1 unspecified atom stereocenters. The third-order valence-corrected chi connectivity index (χ3v) is 2.37. The smallest absolute Gasteiger partial charge is 0.387 e. The number of hydrogen-bond donors (Lipinski definition) is 2. The van der Waals surface area contributed by atoms with Gasteiger partial charge in [0.25, 0.3) is 0 Å². The van der Waals surface area contributed by atoms with Crippen molar-refractivity contribution in [3.05, 3.63) is 28.8 Å². The number of ether oxygens (including phenoxy) is 1. The van der Waals surface area contributed by atoms with Crippen molar-refractivity contribution < 1.29 is 28.5 Å². The Morgan fingerprint density at radius 3 is 2.29 bits per heavy atom. The van der Waals surface area contributed by atoms with Crippen LogP contribution in [-0.2, 0) is 4.79 Å². The van der Waals surface area contributed by atoms with Crippen LogP contribution in [0.25, 0.3) is 0 Å². The van der Waals surface area contributed by atoms with Crippen LogP contribution in [-0.4, -0.2) is 22.8 Å². The molecule has 0 spiro atoms. The molecule has 0 radical (unpaired) electrons. The van der Waals surface area contributed by atoms with Crippen LogP contribution in [0.3, 0.4) is 0 Å². The molecule has 1 aromatic rings. The lowest BCUT2D eigenvalue weighted by Crippen LogP contribution is -2.14. The molecule has 6 heteroatoms. The Balaban J connectivity index is 3.25. The topological polar surface area (TPSA) is 66.8 Å². The molecule has 0 aromatic heterocycles. The summed E-state index contributed by atoms with van der Waals surface area (Å²) < 4.78 is 28.5. The second-order valence-electron chi connectivity index (χ2n) is 3.59. The van der Waals surface area contributed by atoms with Crippen molar-refractivity contribution in [1.82, 2.24) is 0 Å². The number of halogens is 2. The van der Waals surface area contributed by atoms with E-state index < -0.39 is 18.7 Å². The number of carboxylic acid groups (broad SMARTS) is 1. The maximum atomic E-state index is 12.1. The molecule has 0 amide bonds. The van der Waals surface area contributed by atoms with Gasteiger partial charge in [-0.2, -0.15) is 8.78 Å². The fourth-order valence-electron chi connectivity index (χ4n) is 1.36. The molecular formula is C11H12F2O4. The third kappa shape index (κ3) is 3.13. The summed E-state index contributed by atoms with van der Waals surface area (Å²) in [6, 6.07) is 2.61. The summed E-state index contributed by atoms with van der Waals surface area (Å²) in [5.74, 6) is -1.84. The van der Waals surface area contributed by atoms with E-state index in [1.165, 1.54) is 12.1 Å². The van der Waals surface area contributed by atoms with Gasteiger partial charge < -0.3 is 14.9 Å². The molecule has 0 aliphatic heterocycles. The van der Waals surface area contributed by atoms with Gasteiger partial charge in [0, 0.05) is 5.56 Å². The van der Waals surface area contributed by atoms with Crippen LogP contribution in [0.5, 0.6) is 5.75 Å². The number of rotatable bonds is 4. The first kappa shape index (κ1) is 13.4. The van der Waals surface area contributed by atoms with Crippen LogP contribution in [0.15, 0.2) is 12.1 Å². The summed E-state index contributed by atoms with van der Waals surface area (Å²) in [5.41, 5.74) is 1.17. The van der Waals surface area contributed by atoms with Gasteiger partial charge in [-0.15, -0.1) is 0 Å². The van der Waals surface area contributed by atoms with Crippen molar-refractivity contribution in [2.24, 2.45) is 0 Å². The minimum absolute atomic E-state index is 0.180. The van der Waals surface area contributed by atoms with E-state index >= 15 is 0 Å². The van der Waals surface area contributed by atoms with Crippen LogP contribution in [0.1, 0.15) is 22.8 Å². The van der Waals surface area contributed by atoms with E-state index in [9.17, 15) is 18.7 Å². The van der Waals surface area contributed by atoms with Gasteiger partial charge in [0.05, 0.1) is 0 Å². The molecule has 0 fully saturated rings. The van der Waals surface area contributed by atoms with Crippen molar-refractivity contribution in [1.29, 1.82) is 0 Å². The summed E-state index contributed by atoms with van der Waals surface area (Å²) in [7, 11) is 0. The number of hydrogen-bond acceptors (Lipinski definition) is 3. The SMILES string of the molecule is Cc1cc(OC(F)F)c(C(O)C(=O)O)cc1C. The van der Waals surface area contributed by atoms with Crippen LogP contribution < -0.4 is 4.74 Å². The zero-order valence-corrected chi connectivity index (χ0v) is 9.28. The Kier molecular flexibility index (Phi) is 4.01. The summed E-state index contributed by atoms with van der Waals surface area (Å²) in [4.78, 5) is 10.6. The summed E-state index contributed by atoms with van der Waals surface area (Å²) in [6.45, 7) is 0.279. The van der Waals surface area contributed by atoms with E-state index in [2.05, 4.69) is 4.74 Å². The first-order valence-electron chi connectivity index (χ1n) is 4.79. The number of carboxylic acids is 1. The molecule has 4 nitrogen and oxygen atoms in total. The highest BCUT2D eigenvalue weighted by atomic mass is 19.3. The van der Waals surface area contributed by atoms with Gasteiger partial charge in [-0.3, -0.25) is 0 Å². The van der Waals surface area contributed by atoms with Crippen LogP contribution in [0.2, 0.25) is 0 Å². The molecule has 0 heterocycles. The van der Waals surface area contributed by atoms with Gasteiger partial charge in [0.1, 0.15) is 5.75 Å². The van der Waals surface area contributed by atoms with Crippen molar-refractivity contribution in [2.75, 3.05) is 0 Å². The van der Waals surface area contributed by atoms with E-state index in [0.29, 0.717) is 11.1 Å². The Morgan fingerprint density at radius 1 is 1.29 bits per heavy atom. The van der Waals surface area contributed by atoms with Gasteiger partial charge in [0.15, 0.2) is 6.10 Å². The van der Waals surface area contributed by atoms with Crippen molar-refractivity contribution >= 4 is 5.97 Å². The van der Waals surface area contributed by atoms with Gasteiger partial charge in [-0.05, 0) is 37.1 Å². The number of aliphatic carboxylic acids is 1. The highest BCUT2D eigenvalue weighted by Gasteiger charge is 2.23. The monoisotopic (exact) mass is 246 g/mol. The Bertz CT molecular complexity index is 432. The molecule has 94 valence electrons. The lowest BCUT2D eigenvalue weighted by molar-refractivity contribution is -0.147. The molecule has 0 bridgehead atoms. The number of carbonyl (C=O) groups is 1. The van der Waals surface area contributed by atoms with Gasteiger partial charge in [-0.25, -0.2) is 4.79 Å². The van der Waals surface area contributed by atoms with Crippen molar-refractivity contribution in [2.45, 2.75) is 26.6 Å². The van der Waals surface area contributed by atoms with E-state index in [1.54, 1.807) is 13.8 Å². The normalized spacial score (nSPS) is 12.6. The summed E-state index contributed by atoms with van der Waals surface area (Å²) >= 11 is 0. The summed E-state index contributed by atoms with van der Waals surface area (Å²) in [5, 5.41) is 18.0. The number of alkyl halides is 2. The van der Waals surface area contributed by atoms with Crippen LogP contribution >= 0.6 is 0 Å². The van der Waals surface area contributed by atoms with Gasteiger partial charge >= 0.3 is 12.6 Å². The van der Waals surface area contributed by atoms with Crippen molar-refractivity contribution in [3.8, 4) is 5.75 Å². The maximum absolute atomic E-state index is 12.1. The minimum Gasteiger partial charge on any atom is -0.479 e. The fourth-order valence-corrected chi connectivity index (χ4v) is 1.36. The van der Waals surface area contributed by atoms with Gasteiger partial charge in [0.2, 0.25) is 0 Å². The quantitative estimate of drug-likeness (QED) is 0.852. The Morgan fingerprint density at radius 2 is 1.82 bits per heavy atom.